The quantitative estimate of drug-likeness (QED) is 0.168. The summed E-state index contributed by atoms with van der Waals surface area (Å²) in [6.07, 6.45) is 5.79. The molecule has 5 heterocycles. The number of ether oxygens (including phenoxy) is 1. The minimum atomic E-state index is -2.85. The maximum Gasteiger partial charge on any atom is 0.205 e. The summed E-state index contributed by atoms with van der Waals surface area (Å²) in [6.45, 7) is 13.6. The van der Waals surface area contributed by atoms with Crippen LogP contribution in [0.2, 0.25) is 0 Å². The Kier molecular flexibility index (Phi) is 7.54. The van der Waals surface area contributed by atoms with Gasteiger partial charge in [-0.05, 0) is 80.0 Å². The summed E-state index contributed by atoms with van der Waals surface area (Å²) >= 11 is 0. The second-order valence-electron chi connectivity index (χ2n) is 16.2. The van der Waals surface area contributed by atoms with E-state index in [2.05, 4.69) is 174 Å². The molecule has 0 unspecified atom stereocenters. The Morgan fingerprint density at radius 2 is 1.23 bits per heavy atom. The first-order valence-electron chi connectivity index (χ1n) is 18.3. The molecular formula is C47H42N4OSi. The molecule has 0 amide bonds. The zero-order chi connectivity index (χ0) is 36.5. The van der Waals surface area contributed by atoms with Gasteiger partial charge >= 0.3 is 0 Å². The summed E-state index contributed by atoms with van der Waals surface area (Å²) in [7, 11) is -2.85. The van der Waals surface area contributed by atoms with Gasteiger partial charge in [-0.1, -0.05) is 120 Å². The number of hydrogen-bond acceptors (Lipinski definition) is 4. The number of nitrogens with zero attached hydrogens (tertiary/aromatic N) is 4. The minimum Gasteiger partial charge on any atom is -0.456 e. The highest BCUT2D eigenvalue weighted by Gasteiger charge is 2.53. The van der Waals surface area contributed by atoms with Crippen LogP contribution in [0.15, 0.2) is 146 Å². The largest absolute Gasteiger partial charge is 0.456 e. The van der Waals surface area contributed by atoms with Gasteiger partial charge in [0.2, 0.25) is 8.07 Å². The number of hydrogen-bond donors (Lipinski definition) is 0. The van der Waals surface area contributed by atoms with Gasteiger partial charge in [-0.15, -0.1) is 0 Å². The Bertz CT molecular complexity index is 2630. The van der Waals surface area contributed by atoms with Crippen molar-refractivity contribution in [2.45, 2.75) is 52.4 Å². The smallest absolute Gasteiger partial charge is 0.205 e. The first-order valence-corrected chi connectivity index (χ1v) is 20.3. The van der Waals surface area contributed by atoms with Gasteiger partial charge in [0.1, 0.15) is 17.3 Å². The SMILES string of the molecule is CC(C)(C)c1ccnc(-n2c3ccccc3c3ccc(Oc4cnc5c(c4)-c4nccc(C(C)(C)C)c4[Si]5(c4ccccc4)c4ccccc4)cc32)c1. The van der Waals surface area contributed by atoms with Crippen LogP contribution in [0.4, 0.5) is 0 Å². The molecule has 4 aromatic heterocycles. The first-order chi connectivity index (χ1) is 25.5. The molecule has 0 N–H and O–H groups in total. The molecule has 53 heavy (non-hydrogen) atoms. The van der Waals surface area contributed by atoms with E-state index in [4.69, 9.17) is 19.7 Å². The van der Waals surface area contributed by atoms with Crippen molar-refractivity contribution in [2.75, 3.05) is 0 Å². The third kappa shape index (κ3) is 5.23. The number of pyridine rings is 3. The lowest BCUT2D eigenvalue weighted by atomic mass is 9.87. The molecule has 4 aromatic carbocycles. The molecule has 0 radical (unpaired) electrons. The fraction of sp³-hybridized carbons (Fsp3) is 0.170. The minimum absolute atomic E-state index is 0.00607. The molecule has 0 saturated heterocycles. The zero-order valence-electron chi connectivity index (χ0n) is 31.1. The van der Waals surface area contributed by atoms with Gasteiger partial charge in [0.25, 0.3) is 0 Å². The molecule has 0 saturated carbocycles. The molecule has 8 aromatic rings. The second-order valence-corrected chi connectivity index (χ2v) is 19.8. The van der Waals surface area contributed by atoms with Crippen molar-refractivity contribution in [3.05, 3.63) is 157 Å². The summed E-state index contributed by atoms with van der Waals surface area (Å²) < 4.78 is 9.01. The Balaban J connectivity index is 1.23. The van der Waals surface area contributed by atoms with Gasteiger partial charge in [0.05, 0.1) is 22.9 Å². The zero-order valence-corrected chi connectivity index (χ0v) is 32.1. The topological polar surface area (TPSA) is 52.8 Å². The molecule has 0 bridgehead atoms. The van der Waals surface area contributed by atoms with Crippen molar-refractivity contribution in [1.82, 2.24) is 19.5 Å². The van der Waals surface area contributed by atoms with E-state index in [0.29, 0.717) is 5.75 Å². The van der Waals surface area contributed by atoms with E-state index < -0.39 is 8.07 Å². The van der Waals surface area contributed by atoms with Crippen LogP contribution in [0.25, 0.3) is 38.9 Å². The van der Waals surface area contributed by atoms with Crippen molar-refractivity contribution >= 4 is 50.8 Å². The van der Waals surface area contributed by atoms with Crippen LogP contribution in [-0.4, -0.2) is 27.6 Å². The van der Waals surface area contributed by atoms with Gasteiger partial charge in [-0.2, -0.15) is 0 Å². The van der Waals surface area contributed by atoms with Crippen LogP contribution >= 0.6 is 0 Å². The first kappa shape index (κ1) is 33.0. The molecule has 1 aliphatic heterocycles. The number of para-hydroxylation sites is 1. The molecule has 260 valence electrons. The lowest BCUT2D eigenvalue weighted by Crippen LogP contribution is -2.74. The predicted octanol–water partition coefficient (Wildman–Crippen LogP) is 8.71. The van der Waals surface area contributed by atoms with Gasteiger partial charge in [0, 0.05) is 40.1 Å². The van der Waals surface area contributed by atoms with Crippen molar-refractivity contribution in [2.24, 2.45) is 0 Å². The molecule has 0 atom stereocenters. The Morgan fingerprint density at radius 1 is 0.566 bits per heavy atom. The molecule has 0 spiro atoms. The predicted molar refractivity (Wildman–Crippen MR) is 221 cm³/mol. The van der Waals surface area contributed by atoms with E-state index in [-0.39, 0.29) is 10.8 Å². The Labute approximate surface area is 312 Å². The van der Waals surface area contributed by atoms with Crippen molar-refractivity contribution < 1.29 is 4.74 Å². The molecule has 5 nitrogen and oxygen atoms in total. The highest BCUT2D eigenvalue weighted by atomic mass is 28.3. The van der Waals surface area contributed by atoms with Crippen LogP contribution < -0.4 is 25.6 Å². The summed E-state index contributed by atoms with van der Waals surface area (Å²) in [5.41, 5.74) is 6.63. The highest BCUT2D eigenvalue weighted by molar-refractivity contribution is 7.22. The normalized spacial score (nSPS) is 13.6. The fourth-order valence-electron chi connectivity index (χ4n) is 8.28. The van der Waals surface area contributed by atoms with E-state index in [0.717, 1.165) is 44.6 Å². The van der Waals surface area contributed by atoms with Crippen LogP contribution in [0, 0.1) is 0 Å². The third-order valence-electron chi connectivity index (χ3n) is 10.7. The van der Waals surface area contributed by atoms with Gasteiger partial charge < -0.3 is 4.74 Å². The van der Waals surface area contributed by atoms with Crippen LogP contribution in [0.1, 0.15) is 52.7 Å². The van der Waals surface area contributed by atoms with Gasteiger partial charge in [-0.3, -0.25) is 14.5 Å². The lowest BCUT2D eigenvalue weighted by molar-refractivity contribution is 0.481. The van der Waals surface area contributed by atoms with E-state index in [9.17, 15) is 0 Å². The Hall–Kier alpha value is -5.85. The summed E-state index contributed by atoms with van der Waals surface area (Å²) in [5.74, 6) is 2.30. The van der Waals surface area contributed by atoms with Crippen molar-refractivity contribution in [3.8, 4) is 28.6 Å². The standard InChI is InChI=1S/C47H42N4OSi/c1-46(2,3)31-23-25-48-42(27-31)51-40-20-14-13-19-36(40)37-22-21-32(29-41(37)51)52-33-28-38-43-44(39(24-26-49-43)47(4,5)6)53(45(38)50-30-33,34-15-9-7-10-16-34)35-17-11-8-12-18-35/h7-30H,1-6H3. The van der Waals surface area contributed by atoms with Crippen LogP contribution in [0.5, 0.6) is 11.5 Å². The van der Waals surface area contributed by atoms with Gasteiger partial charge in [0.15, 0.2) is 0 Å². The monoisotopic (exact) mass is 706 g/mol. The number of fused-ring (bicyclic) bond motifs is 6. The Morgan fingerprint density at radius 3 is 1.92 bits per heavy atom. The van der Waals surface area contributed by atoms with Crippen LogP contribution in [0.3, 0.4) is 0 Å². The summed E-state index contributed by atoms with van der Waals surface area (Å²) in [4.78, 5) is 15.4. The van der Waals surface area contributed by atoms with E-state index in [1.807, 2.05) is 18.6 Å². The maximum absolute atomic E-state index is 6.76. The molecule has 9 rings (SSSR count). The third-order valence-corrected chi connectivity index (χ3v) is 15.5. The highest BCUT2D eigenvalue weighted by Crippen LogP contribution is 2.38. The molecule has 0 aliphatic carbocycles. The van der Waals surface area contributed by atoms with Gasteiger partial charge in [-0.25, -0.2) is 4.98 Å². The molecule has 6 heteroatoms. The molecule has 0 fully saturated rings. The maximum atomic E-state index is 6.76. The lowest BCUT2D eigenvalue weighted by Gasteiger charge is -2.34. The molecule has 1 aliphatic rings. The average molecular weight is 707 g/mol. The number of aromatic nitrogens is 4. The van der Waals surface area contributed by atoms with Crippen LogP contribution in [-0.2, 0) is 10.8 Å². The second kappa shape index (κ2) is 12.1. The van der Waals surface area contributed by atoms with E-state index >= 15 is 0 Å². The summed E-state index contributed by atoms with van der Waals surface area (Å²) in [5, 5.41) is 7.35. The number of rotatable bonds is 5. The fourth-order valence-corrected chi connectivity index (χ4v) is 13.6. The summed E-state index contributed by atoms with van der Waals surface area (Å²) in [6, 6.07) is 45.5. The average Bonchev–Trinajstić information content (AvgIpc) is 3.65. The number of benzene rings is 4. The van der Waals surface area contributed by atoms with Crippen molar-refractivity contribution in [1.29, 1.82) is 0 Å². The van der Waals surface area contributed by atoms with Crippen molar-refractivity contribution in [3.63, 3.8) is 0 Å². The molecular weight excluding hydrogens is 665 g/mol. The van der Waals surface area contributed by atoms with E-state index in [1.165, 1.54) is 32.1 Å². The van der Waals surface area contributed by atoms with E-state index in [1.54, 1.807) is 0 Å².